The first kappa shape index (κ1) is 36.3. The number of carboxylic acid groups (broad SMARTS) is 1. The van der Waals surface area contributed by atoms with Crippen molar-refractivity contribution in [2.75, 3.05) is 18.4 Å². The summed E-state index contributed by atoms with van der Waals surface area (Å²) in [6.45, 7) is 0.972. The highest BCUT2D eigenvalue weighted by Gasteiger charge is 2.42. The number of hydrogen-bond donors (Lipinski definition) is 2. The van der Waals surface area contributed by atoms with Crippen LogP contribution in [0.2, 0.25) is 0 Å². The summed E-state index contributed by atoms with van der Waals surface area (Å²) in [4.78, 5) is 27.5. The lowest BCUT2D eigenvalue weighted by molar-refractivity contribution is -0.182. The molecule has 0 spiro atoms. The molecule has 5 rings (SSSR count). The second kappa shape index (κ2) is 15.7. The number of amides is 1. The highest BCUT2D eigenvalue weighted by atomic mass is 19.4. The van der Waals surface area contributed by atoms with Crippen LogP contribution in [-0.2, 0) is 11.0 Å². The number of nitrogens with zero attached hydrogens (tertiary/aromatic N) is 1. The van der Waals surface area contributed by atoms with Crippen molar-refractivity contribution in [3.63, 3.8) is 0 Å². The molecular weight excluding hydrogens is 634 g/mol. The van der Waals surface area contributed by atoms with Crippen molar-refractivity contribution in [1.29, 1.82) is 0 Å². The van der Waals surface area contributed by atoms with Gasteiger partial charge in [0.25, 0.3) is 5.91 Å². The van der Waals surface area contributed by atoms with Crippen LogP contribution in [0.5, 0.6) is 0 Å². The number of carbonyl (C=O) groups is 2. The number of benzene rings is 2. The summed E-state index contributed by atoms with van der Waals surface area (Å²) < 4.78 is 82.6. The molecule has 1 heterocycles. The van der Waals surface area contributed by atoms with Gasteiger partial charge < -0.3 is 15.3 Å². The van der Waals surface area contributed by atoms with Gasteiger partial charge in [0, 0.05) is 30.4 Å². The number of rotatable bonds is 4. The largest absolute Gasteiger partial charge is 0.481 e. The van der Waals surface area contributed by atoms with Gasteiger partial charge in [0.1, 0.15) is 0 Å². The van der Waals surface area contributed by atoms with Crippen molar-refractivity contribution in [2.24, 2.45) is 23.7 Å². The van der Waals surface area contributed by atoms with E-state index in [2.05, 4.69) is 5.32 Å². The van der Waals surface area contributed by atoms with Gasteiger partial charge in [0.2, 0.25) is 0 Å². The Morgan fingerprint density at radius 2 is 1.40 bits per heavy atom. The van der Waals surface area contributed by atoms with Gasteiger partial charge in [-0.2, -0.15) is 26.3 Å². The second-order valence-corrected chi connectivity index (χ2v) is 14.5. The van der Waals surface area contributed by atoms with Gasteiger partial charge in [-0.3, -0.25) is 9.59 Å². The minimum absolute atomic E-state index is 0.0744. The molecule has 3 aliphatic rings. The summed E-state index contributed by atoms with van der Waals surface area (Å²) in [5, 5.41) is 12.9. The first-order valence-electron chi connectivity index (χ1n) is 17.8. The zero-order valence-corrected chi connectivity index (χ0v) is 27.5. The highest BCUT2D eigenvalue weighted by Crippen LogP contribution is 2.43. The Labute approximate surface area is 278 Å². The summed E-state index contributed by atoms with van der Waals surface area (Å²) in [5.74, 6) is -1.69. The summed E-state index contributed by atoms with van der Waals surface area (Å²) in [6.07, 6.45) is 2.14. The molecule has 5 nitrogen and oxygen atoms in total. The summed E-state index contributed by atoms with van der Waals surface area (Å²) in [6, 6.07) is 6.57. The number of carbonyl (C=O) groups excluding carboxylic acids is 1. The van der Waals surface area contributed by atoms with Gasteiger partial charge in [0.05, 0.1) is 17.4 Å². The van der Waals surface area contributed by atoms with E-state index >= 15 is 0 Å². The molecule has 1 aliphatic heterocycles. The van der Waals surface area contributed by atoms with E-state index in [1.54, 1.807) is 4.90 Å². The molecule has 2 saturated carbocycles. The van der Waals surface area contributed by atoms with E-state index in [1.807, 2.05) is 0 Å². The molecule has 2 aromatic carbocycles. The van der Waals surface area contributed by atoms with E-state index in [4.69, 9.17) is 0 Å². The normalized spacial score (nSPS) is 27.1. The molecule has 2 N–H and O–H groups in total. The highest BCUT2D eigenvalue weighted by molar-refractivity contribution is 6.00. The van der Waals surface area contributed by atoms with E-state index < -0.39 is 35.8 Å². The Morgan fingerprint density at radius 3 is 2.08 bits per heavy atom. The molecule has 1 amide bonds. The maximum absolute atomic E-state index is 14.4. The van der Waals surface area contributed by atoms with Crippen LogP contribution in [0.1, 0.15) is 119 Å². The first-order valence-corrected chi connectivity index (χ1v) is 17.8. The van der Waals surface area contributed by atoms with Crippen LogP contribution in [0.4, 0.5) is 32.0 Å². The lowest BCUT2D eigenvalue weighted by atomic mass is 9.85. The minimum Gasteiger partial charge on any atom is -0.481 e. The monoisotopic (exact) mass is 682 g/mol. The number of hydrogen-bond acceptors (Lipinski definition) is 3. The van der Waals surface area contributed by atoms with Crippen LogP contribution < -0.4 is 5.32 Å². The van der Waals surface area contributed by atoms with E-state index in [0.717, 1.165) is 44.9 Å². The maximum Gasteiger partial charge on any atom is 0.418 e. The Kier molecular flexibility index (Phi) is 11.9. The number of carboxylic acids is 1. The average molecular weight is 683 g/mol. The Balaban J connectivity index is 1.30. The van der Waals surface area contributed by atoms with Gasteiger partial charge in [-0.1, -0.05) is 57.1 Å². The molecule has 3 fully saturated rings. The molecular formula is C37H48F6N2O3. The van der Waals surface area contributed by atoms with Crippen LogP contribution >= 0.6 is 0 Å². The molecule has 3 atom stereocenters. The predicted octanol–water partition coefficient (Wildman–Crippen LogP) is 10.5. The van der Waals surface area contributed by atoms with Crippen LogP contribution in [0.3, 0.4) is 0 Å². The molecule has 2 aromatic rings. The molecule has 266 valence electrons. The van der Waals surface area contributed by atoms with E-state index in [9.17, 15) is 41.0 Å². The SMILES string of the molecule is O=C(O)C1CCCCN(C(=O)c2ccc3c(C(F)(F)F)c(NC4CCC(C(F)(F)F)CC4)ccc3c2)CCCCCCC2CCC(C2)C1. The second-order valence-electron chi connectivity index (χ2n) is 14.5. The van der Waals surface area contributed by atoms with Gasteiger partial charge in [-0.15, -0.1) is 0 Å². The van der Waals surface area contributed by atoms with Crippen molar-refractivity contribution >= 4 is 28.3 Å². The van der Waals surface area contributed by atoms with Gasteiger partial charge >= 0.3 is 18.3 Å². The van der Waals surface area contributed by atoms with Gasteiger partial charge in [-0.05, 0) is 98.6 Å². The Bertz CT molecular complexity index is 1400. The fourth-order valence-corrected chi connectivity index (χ4v) is 8.35. The first-order chi connectivity index (χ1) is 22.8. The lowest BCUT2D eigenvalue weighted by Gasteiger charge is -2.31. The van der Waals surface area contributed by atoms with Crippen LogP contribution in [-0.4, -0.2) is 47.2 Å². The zero-order valence-electron chi connectivity index (χ0n) is 27.5. The average Bonchev–Trinajstić information content (AvgIpc) is 3.48. The quantitative estimate of drug-likeness (QED) is 0.315. The smallest absolute Gasteiger partial charge is 0.418 e. The van der Waals surface area contributed by atoms with E-state index in [0.29, 0.717) is 50.6 Å². The molecule has 2 aliphatic carbocycles. The number of aliphatic carboxylic acids is 1. The number of anilines is 1. The summed E-state index contributed by atoms with van der Waals surface area (Å²) >= 11 is 0. The fraction of sp³-hybridized carbons (Fsp3) is 0.676. The van der Waals surface area contributed by atoms with Crippen molar-refractivity contribution < 1.29 is 41.0 Å². The topological polar surface area (TPSA) is 69.6 Å². The molecule has 0 radical (unpaired) electrons. The third-order valence-corrected chi connectivity index (χ3v) is 11.0. The molecule has 3 unspecified atom stereocenters. The standard InChI is InChI=1S/C37H48F6N2O3/c38-36(39,40)29-13-15-30(16-14-29)44-32-18-12-26-23-27(11-17-31(26)33(32)37(41,42)43)34(46)45-19-5-2-1-3-7-24-9-10-25(21-24)22-28(35(47)48)8-4-6-20-45/h11-12,17-18,23-25,28-30,44H,1-10,13-16,19-22H2,(H,47,48). The molecule has 1 saturated heterocycles. The summed E-state index contributed by atoms with van der Waals surface area (Å²) in [5.41, 5.74) is -0.766. The van der Waals surface area contributed by atoms with Crippen LogP contribution in [0.15, 0.2) is 30.3 Å². The molecule has 2 bridgehead atoms. The third-order valence-electron chi connectivity index (χ3n) is 11.0. The van der Waals surface area contributed by atoms with Gasteiger partial charge in [-0.25, -0.2) is 0 Å². The molecule has 48 heavy (non-hydrogen) atoms. The number of fused-ring (bicyclic) bond motifs is 3. The predicted molar refractivity (Wildman–Crippen MR) is 174 cm³/mol. The van der Waals surface area contributed by atoms with Gasteiger partial charge in [0.15, 0.2) is 0 Å². The number of alkyl halides is 6. The fourth-order valence-electron chi connectivity index (χ4n) is 8.35. The van der Waals surface area contributed by atoms with Crippen molar-refractivity contribution in [3.8, 4) is 0 Å². The minimum atomic E-state index is -4.73. The third kappa shape index (κ3) is 9.37. The van der Waals surface area contributed by atoms with Crippen molar-refractivity contribution in [3.05, 3.63) is 41.5 Å². The van der Waals surface area contributed by atoms with Crippen LogP contribution in [0.25, 0.3) is 10.8 Å². The maximum atomic E-state index is 14.4. The molecule has 0 aromatic heterocycles. The van der Waals surface area contributed by atoms with Crippen molar-refractivity contribution in [2.45, 2.75) is 121 Å². The van der Waals surface area contributed by atoms with E-state index in [-0.39, 0.29) is 59.5 Å². The lowest BCUT2D eigenvalue weighted by Crippen LogP contribution is -2.33. The van der Waals surface area contributed by atoms with Crippen LogP contribution in [0, 0.1) is 23.7 Å². The number of nitrogens with one attached hydrogen (secondary N) is 1. The van der Waals surface area contributed by atoms with E-state index in [1.165, 1.54) is 36.8 Å². The zero-order chi connectivity index (χ0) is 34.5. The van der Waals surface area contributed by atoms with Crippen molar-refractivity contribution in [1.82, 2.24) is 4.90 Å². The molecule has 11 heteroatoms. The Hall–Kier alpha value is -2.98. The Morgan fingerprint density at radius 1 is 0.729 bits per heavy atom. The summed E-state index contributed by atoms with van der Waals surface area (Å²) in [7, 11) is 0. The number of halogens is 6.